The predicted molar refractivity (Wildman–Crippen MR) is 362 cm³/mol. The molecular weight excluding hydrogens is 1020 g/mol. The number of hydrogen-bond acceptors (Lipinski definition) is 6. The van der Waals surface area contributed by atoms with Crippen LogP contribution in [0.15, 0.2) is 109 Å². The summed E-state index contributed by atoms with van der Waals surface area (Å²) in [5, 5.41) is 0. The van der Waals surface area contributed by atoms with Crippen LogP contribution < -0.4 is 0 Å². The maximum atomic E-state index is 13.0. The fourth-order valence-electron chi connectivity index (χ4n) is 9.99. The Labute approximate surface area is 514 Å². The standard InChI is InChI=1S/C77H132O6/c1-4-7-10-13-16-19-22-25-28-30-32-34-36-37-38-39-41-42-44-46-49-52-55-58-61-64-67-70-76(79)82-73-74(72-81-75(78)69-66-63-60-57-54-51-48-27-24-21-18-15-12-9-6-3)83-77(80)71-68-65-62-59-56-53-50-47-45-43-40-35-33-31-29-26-23-20-17-14-11-8-5-2/h7,10,16,19,25,27-28,32,34,37-38,41-42,46,48-49,55,58,74H,4-6,8-9,11-15,17-18,20-24,26,29-31,33,35-36,39-40,43-45,47,50-54,56-57,59-73H2,1-3H3/b10-7-,19-16-,28-25-,34-32-,38-37-,42-41-,48-27-,49-46-,58-55-. The summed E-state index contributed by atoms with van der Waals surface area (Å²) in [6.07, 6.45) is 96.9. The fourth-order valence-corrected chi connectivity index (χ4v) is 9.99. The molecule has 6 heteroatoms. The van der Waals surface area contributed by atoms with Crippen LogP contribution in [0.5, 0.6) is 0 Å². The van der Waals surface area contributed by atoms with Gasteiger partial charge in [0.1, 0.15) is 13.2 Å². The van der Waals surface area contributed by atoms with Gasteiger partial charge in [0, 0.05) is 19.3 Å². The molecule has 0 aromatic carbocycles. The minimum Gasteiger partial charge on any atom is -0.462 e. The summed E-state index contributed by atoms with van der Waals surface area (Å²) in [5.74, 6) is -0.932. The van der Waals surface area contributed by atoms with E-state index in [1.54, 1.807) is 0 Å². The van der Waals surface area contributed by atoms with E-state index in [9.17, 15) is 14.4 Å². The van der Waals surface area contributed by atoms with Crippen LogP contribution in [0.2, 0.25) is 0 Å². The third-order valence-electron chi connectivity index (χ3n) is 15.3. The molecule has 0 amide bonds. The van der Waals surface area contributed by atoms with E-state index in [1.165, 1.54) is 186 Å². The predicted octanol–water partition coefficient (Wildman–Crippen LogP) is 24.6. The van der Waals surface area contributed by atoms with Crippen molar-refractivity contribution in [2.45, 2.75) is 348 Å². The van der Waals surface area contributed by atoms with Crippen molar-refractivity contribution in [3.8, 4) is 0 Å². The third kappa shape index (κ3) is 68.7. The molecule has 0 aliphatic heterocycles. The zero-order chi connectivity index (χ0) is 59.9. The van der Waals surface area contributed by atoms with E-state index >= 15 is 0 Å². The molecule has 476 valence electrons. The molecule has 0 rings (SSSR count). The third-order valence-corrected chi connectivity index (χ3v) is 15.3. The lowest BCUT2D eigenvalue weighted by molar-refractivity contribution is -0.167. The monoisotopic (exact) mass is 1150 g/mol. The molecule has 1 unspecified atom stereocenters. The second kappa shape index (κ2) is 70.6. The smallest absolute Gasteiger partial charge is 0.306 e. The lowest BCUT2D eigenvalue weighted by Crippen LogP contribution is -2.30. The van der Waals surface area contributed by atoms with Crippen LogP contribution in [0, 0.1) is 0 Å². The largest absolute Gasteiger partial charge is 0.462 e. The van der Waals surface area contributed by atoms with Gasteiger partial charge in [0.15, 0.2) is 6.10 Å². The van der Waals surface area contributed by atoms with Crippen molar-refractivity contribution in [2.24, 2.45) is 0 Å². The molecule has 0 fully saturated rings. The Kier molecular flexibility index (Phi) is 67.2. The van der Waals surface area contributed by atoms with Gasteiger partial charge in [0.25, 0.3) is 0 Å². The summed E-state index contributed by atoms with van der Waals surface area (Å²) < 4.78 is 16.9. The summed E-state index contributed by atoms with van der Waals surface area (Å²) in [6.45, 7) is 6.52. The van der Waals surface area contributed by atoms with Crippen molar-refractivity contribution in [3.63, 3.8) is 0 Å². The summed E-state index contributed by atoms with van der Waals surface area (Å²) in [5.41, 5.74) is 0. The first-order valence-electron chi connectivity index (χ1n) is 35.4. The maximum Gasteiger partial charge on any atom is 0.306 e. The first-order chi connectivity index (χ1) is 41.0. The van der Waals surface area contributed by atoms with E-state index in [-0.39, 0.29) is 31.1 Å². The Bertz CT molecular complexity index is 1660. The number of carbonyl (C=O) groups excluding carboxylic acids is 3. The zero-order valence-corrected chi connectivity index (χ0v) is 54.7. The van der Waals surface area contributed by atoms with E-state index in [2.05, 4.69) is 130 Å². The second-order valence-electron chi connectivity index (χ2n) is 23.4. The van der Waals surface area contributed by atoms with E-state index in [0.717, 1.165) is 116 Å². The lowest BCUT2D eigenvalue weighted by Gasteiger charge is -2.18. The molecule has 0 aliphatic carbocycles. The van der Waals surface area contributed by atoms with Gasteiger partial charge in [-0.1, -0.05) is 323 Å². The Morgan fingerprint density at radius 1 is 0.253 bits per heavy atom. The quantitative estimate of drug-likeness (QED) is 0.0261. The van der Waals surface area contributed by atoms with Crippen molar-refractivity contribution >= 4 is 17.9 Å². The number of ether oxygens (including phenoxy) is 3. The Hall–Kier alpha value is -3.93. The van der Waals surface area contributed by atoms with Gasteiger partial charge in [0.2, 0.25) is 0 Å². The maximum absolute atomic E-state index is 13.0. The number of esters is 3. The van der Waals surface area contributed by atoms with Gasteiger partial charge in [0.05, 0.1) is 0 Å². The molecule has 1 atom stereocenters. The van der Waals surface area contributed by atoms with Gasteiger partial charge >= 0.3 is 17.9 Å². The van der Waals surface area contributed by atoms with Crippen LogP contribution in [0.1, 0.15) is 342 Å². The van der Waals surface area contributed by atoms with Gasteiger partial charge < -0.3 is 14.2 Å². The second-order valence-corrected chi connectivity index (χ2v) is 23.4. The molecule has 0 aliphatic rings. The van der Waals surface area contributed by atoms with Gasteiger partial charge in [-0.05, 0) is 109 Å². The number of allylic oxidation sites excluding steroid dienone is 18. The van der Waals surface area contributed by atoms with E-state index in [4.69, 9.17) is 14.2 Å². The number of unbranched alkanes of at least 4 members (excludes halogenated alkanes) is 35. The molecule has 0 saturated heterocycles. The fraction of sp³-hybridized carbons (Fsp3) is 0.727. The minimum absolute atomic E-state index is 0.0943. The van der Waals surface area contributed by atoms with Gasteiger partial charge in [-0.2, -0.15) is 0 Å². The molecule has 0 spiro atoms. The molecule has 0 aromatic heterocycles. The van der Waals surface area contributed by atoms with E-state index in [1.807, 2.05) is 0 Å². The average molecular weight is 1150 g/mol. The lowest BCUT2D eigenvalue weighted by atomic mass is 10.0. The topological polar surface area (TPSA) is 78.9 Å². The number of hydrogen-bond donors (Lipinski definition) is 0. The Morgan fingerprint density at radius 2 is 0.470 bits per heavy atom. The van der Waals surface area contributed by atoms with Crippen molar-refractivity contribution in [2.75, 3.05) is 13.2 Å². The number of rotatable bonds is 64. The number of carbonyl (C=O) groups is 3. The van der Waals surface area contributed by atoms with Crippen molar-refractivity contribution in [1.82, 2.24) is 0 Å². The van der Waals surface area contributed by atoms with Crippen LogP contribution in [-0.2, 0) is 28.6 Å². The van der Waals surface area contributed by atoms with Crippen molar-refractivity contribution in [3.05, 3.63) is 109 Å². The minimum atomic E-state index is -0.801. The summed E-state index contributed by atoms with van der Waals surface area (Å²) in [4.78, 5) is 38.4. The summed E-state index contributed by atoms with van der Waals surface area (Å²) in [7, 11) is 0. The van der Waals surface area contributed by atoms with Gasteiger partial charge in [-0.25, -0.2) is 0 Å². The molecule has 0 heterocycles. The van der Waals surface area contributed by atoms with Crippen LogP contribution in [0.4, 0.5) is 0 Å². The SMILES string of the molecule is CC/C=C\C/C=C\C/C=C\C/C=C\C/C=C\C/C=C\C/C=C\C/C=C\CCCCC(=O)OCC(COC(=O)CCCCCCC/C=C\CCCCCCCC)OC(=O)CCCCCCCCCCCCCCCCCCCCCCCCC. The molecule has 0 aromatic rings. The molecular formula is C77H132O6. The van der Waals surface area contributed by atoms with Crippen LogP contribution >= 0.6 is 0 Å². The summed E-state index contributed by atoms with van der Waals surface area (Å²) >= 11 is 0. The van der Waals surface area contributed by atoms with Gasteiger partial charge in [-0.3, -0.25) is 14.4 Å². The highest BCUT2D eigenvalue weighted by molar-refractivity contribution is 5.71. The first-order valence-corrected chi connectivity index (χ1v) is 35.4. The molecule has 0 radical (unpaired) electrons. The van der Waals surface area contributed by atoms with Crippen LogP contribution in [-0.4, -0.2) is 37.2 Å². The van der Waals surface area contributed by atoms with Crippen molar-refractivity contribution in [1.29, 1.82) is 0 Å². The normalized spacial score (nSPS) is 12.8. The highest BCUT2D eigenvalue weighted by atomic mass is 16.6. The van der Waals surface area contributed by atoms with Crippen molar-refractivity contribution < 1.29 is 28.6 Å². The Morgan fingerprint density at radius 3 is 0.771 bits per heavy atom. The molecule has 0 saturated carbocycles. The van der Waals surface area contributed by atoms with E-state index < -0.39 is 6.10 Å². The molecule has 83 heavy (non-hydrogen) atoms. The molecule has 6 nitrogen and oxygen atoms in total. The average Bonchev–Trinajstić information content (AvgIpc) is 3.49. The highest BCUT2D eigenvalue weighted by Gasteiger charge is 2.19. The summed E-state index contributed by atoms with van der Waals surface area (Å²) in [6, 6.07) is 0. The van der Waals surface area contributed by atoms with Gasteiger partial charge in [-0.15, -0.1) is 0 Å². The zero-order valence-electron chi connectivity index (χ0n) is 54.7. The van der Waals surface area contributed by atoms with E-state index in [0.29, 0.717) is 19.3 Å². The van der Waals surface area contributed by atoms with Crippen LogP contribution in [0.3, 0.4) is 0 Å². The first kappa shape index (κ1) is 79.1. The highest BCUT2D eigenvalue weighted by Crippen LogP contribution is 2.17. The Balaban J connectivity index is 4.41. The molecule has 0 N–H and O–H groups in total. The van der Waals surface area contributed by atoms with Crippen LogP contribution in [0.25, 0.3) is 0 Å². The molecule has 0 bridgehead atoms.